The number of nitrogens with zero attached hydrogens (tertiary/aromatic N) is 1. The van der Waals surface area contributed by atoms with Crippen molar-refractivity contribution < 1.29 is 22.8 Å². The van der Waals surface area contributed by atoms with E-state index in [1.54, 1.807) is 24.3 Å². The molecule has 3 aromatic carbocycles. The average molecular weight is 462 g/mol. The Kier molecular flexibility index (Phi) is 7.37. The lowest BCUT2D eigenvalue weighted by molar-refractivity contribution is -0.117. The average Bonchev–Trinajstić information content (AvgIpc) is 3.18. The minimum absolute atomic E-state index is 0.0203. The molecule has 0 radical (unpaired) electrons. The lowest BCUT2D eigenvalue weighted by Gasteiger charge is -2.17. The predicted octanol–water partition coefficient (Wildman–Crippen LogP) is 5.73. The maximum Gasteiger partial charge on any atom is 0.316 e. The molecule has 5 nitrogen and oxygen atoms in total. The molecule has 0 spiro atoms. The van der Waals surface area contributed by atoms with E-state index in [9.17, 15) is 22.8 Å². The molecule has 3 amide bonds. The third-order valence-electron chi connectivity index (χ3n) is 4.70. The Morgan fingerprint density at radius 3 is 2.31 bits per heavy atom. The van der Waals surface area contributed by atoms with Crippen LogP contribution in [0.5, 0.6) is 0 Å². The predicted molar refractivity (Wildman–Crippen MR) is 118 cm³/mol. The van der Waals surface area contributed by atoms with Crippen molar-refractivity contribution in [3.63, 3.8) is 0 Å². The van der Waals surface area contributed by atoms with Gasteiger partial charge in [0.2, 0.25) is 5.91 Å². The summed E-state index contributed by atoms with van der Waals surface area (Å²) in [7, 11) is 0. The molecule has 0 unspecified atom stereocenters. The number of urea groups is 1. The standard InChI is InChI=1S/C16H13F2NO.C7H6ClFN2O/c17-15-12(11-5-2-1-3-6-11)8-9-13(16(15)18)19-10-4-7-14(19)20;8-4-1-2-6(5(9)3-4)11-7(10)12/h1-3,5-6,8-9H,4,7,10H2;1-3H,(H3,10,11,12). The molecule has 1 heterocycles. The van der Waals surface area contributed by atoms with E-state index in [0.717, 1.165) is 6.07 Å². The second kappa shape index (κ2) is 10.2. The second-order valence-corrected chi connectivity index (χ2v) is 7.33. The van der Waals surface area contributed by atoms with Gasteiger partial charge in [-0.1, -0.05) is 41.9 Å². The monoisotopic (exact) mass is 461 g/mol. The van der Waals surface area contributed by atoms with Crippen molar-refractivity contribution in [1.29, 1.82) is 0 Å². The molecule has 1 saturated heterocycles. The lowest BCUT2D eigenvalue weighted by atomic mass is 10.0. The van der Waals surface area contributed by atoms with Crippen LogP contribution in [0.15, 0.2) is 60.7 Å². The molecule has 32 heavy (non-hydrogen) atoms. The fraction of sp³-hybridized carbons (Fsp3) is 0.130. The van der Waals surface area contributed by atoms with Gasteiger partial charge in [0.1, 0.15) is 5.82 Å². The molecular formula is C23H19ClF3N3O2. The largest absolute Gasteiger partial charge is 0.351 e. The van der Waals surface area contributed by atoms with Crippen LogP contribution in [0.4, 0.5) is 29.3 Å². The molecule has 1 fully saturated rings. The Bertz CT molecular complexity index is 1140. The SMILES string of the molecule is NC(=O)Nc1ccc(Cl)cc1F.O=C1CCCN1c1ccc(-c2ccccc2)c(F)c1F. The molecule has 0 saturated carbocycles. The van der Waals surface area contributed by atoms with Gasteiger partial charge >= 0.3 is 6.03 Å². The van der Waals surface area contributed by atoms with Crippen molar-refractivity contribution in [2.24, 2.45) is 5.73 Å². The Balaban J connectivity index is 0.000000207. The van der Waals surface area contributed by atoms with Crippen LogP contribution in [0.2, 0.25) is 5.02 Å². The van der Waals surface area contributed by atoms with Crippen LogP contribution in [0, 0.1) is 17.5 Å². The van der Waals surface area contributed by atoms with Gasteiger partial charge in [-0.3, -0.25) is 4.79 Å². The summed E-state index contributed by atoms with van der Waals surface area (Å²) in [6.45, 7) is 0.444. The molecule has 0 bridgehead atoms. The number of hydrogen-bond acceptors (Lipinski definition) is 2. The number of benzene rings is 3. The zero-order chi connectivity index (χ0) is 23.3. The van der Waals surface area contributed by atoms with E-state index in [0.29, 0.717) is 24.9 Å². The fourth-order valence-corrected chi connectivity index (χ4v) is 3.37. The smallest absolute Gasteiger partial charge is 0.316 e. The maximum absolute atomic E-state index is 14.2. The van der Waals surface area contributed by atoms with Gasteiger partial charge in [0, 0.05) is 23.6 Å². The first kappa shape index (κ1) is 23.1. The van der Waals surface area contributed by atoms with Crippen LogP contribution in [0.1, 0.15) is 12.8 Å². The normalized spacial score (nSPS) is 12.9. The van der Waals surface area contributed by atoms with Gasteiger partial charge in [-0.2, -0.15) is 0 Å². The van der Waals surface area contributed by atoms with Crippen molar-refractivity contribution in [3.05, 3.63) is 83.1 Å². The third-order valence-corrected chi connectivity index (χ3v) is 4.94. The zero-order valence-electron chi connectivity index (χ0n) is 16.7. The molecule has 4 rings (SSSR count). The molecule has 166 valence electrons. The Labute approximate surface area is 187 Å². The summed E-state index contributed by atoms with van der Waals surface area (Å²) in [5, 5.41) is 2.37. The highest BCUT2D eigenvalue weighted by Crippen LogP contribution is 2.32. The van der Waals surface area contributed by atoms with E-state index in [1.165, 1.54) is 29.2 Å². The first-order valence-corrected chi connectivity index (χ1v) is 10.0. The molecule has 0 atom stereocenters. The summed E-state index contributed by atoms with van der Waals surface area (Å²) < 4.78 is 41.3. The van der Waals surface area contributed by atoms with Gasteiger partial charge in [-0.15, -0.1) is 0 Å². The number of carbonyl (C=O) groups is 2. The van der Waals surface area contributed by atoms with Crippen LogP contribution < -0.4 is 16.0 Å². The highest BCUT2D eigenvalue weighted by atomic mass is 35.5. The van der Waals surface area contributed by atoms with E-state index in [4.69, 9.17) is 17.3 Å². The number of nitrogens with one attached hydrogen (secondary N) is 1. The van der Waals surface area contributed by atoms with Gasteiger partial charge in [-0.25, -0.2) is 18.0 Å². The molecular weight excluding hydrogens is 443 g/mol. The van der Waals surface area contributed by atoms with Crippen molar-refractivity contribution >= 4 is 34.9 Å². The van der Waals surface area contributed by atoms with Crippen molar-refractivity contribution in [2.75, 3.05) is 16.8 Å². The van der Waals surface area contributed by atoms with Crippen molar-refractivity contribution in [3.8, 4) is 11.1 Å². The van der Waals surface area contributed by atoms with Gasteiger partial charge < -0.3 is 16.0 Å². The fourth-order valence-electron chi connectivity index (χ4n) is 3.21. The second-order valence-electron chi connectivity index (χ2n) is 6.89. The van der Waals surface area contributed by atoms with Gasteiger partial charge in [-0.05, 0) is 42.3 Å². The molecule has 1 aliphatic rings. The molecule has 0 aromatic heterocycles. The third kappa shape index (κ3) is 5.39. The van der Waals surface area contributed by atoms with Crippen LogP contribution in [0.25, 0.3) is 11.1 Å². The maximum atomic E-state index is 14.2. The minimum Gasteiger partial charge on any atom is -0.351 e. The summed E-state index contributed by atoms with van der Waals surface area (Å²) >= 11 is 5.47. The number of carbonyl (C=O) groups excluding carboxylic acids is 2. The number of hydrogen-bond donors (Lipinski definition) is 2. The first-order valence-electron chi connectivity index (χ1n) is 9.63. The quantitative estimate of drug-likeness (QED) is 0.522. The number of nitrogens with two attached hydrogens (primary N) is 1. The molecule has 3 aromatic rings. The first-order chi connectivity index (χ1) is 15.3. The Morgan fingerprint density at radius 1 is 1.00 bits per heavy atom. The number of rotatable bonds is 3. The number of amides is 3. The summed E-state index contributed by atoms with van der Waals surface area (Å²) in [5.74, 6) is -2.63. The van der Waals surface area contributed by atoms with E-state index in [-0.39, 0.29) is 27.9 Å². The molecule has 0 aliphatic carbocycles. The van der Waals surface area contributed by atoms with Crippen LogP contribution in [-0.4, -0.2) is 18.5 Å². The zero-order valence-corrected chi connectivity index (χ0v) is 17.5. The molecule has 1 aliphatic heterocycles. The van der Waals surface area contributed by atoms with E-state index >= 15 is 0 Å². The topological polar surface area (TPSA) is 75.4 Å². The van der Waals surface area contributed by atoms with Crippen molar-refractivity contribution in [1.82, 2.24) is 0 Å². The minimum atomic E-state index is -0.957. The highest BCUT2D eigenvalue weighted by molar-refractivity contribution is 6.30. The van der Waals surface area contributed by atoms with Crippen LogP contribution in [0.3, 0.4) is 0 Å². The number of anilines is 2. The summed E-state index contributed by atoms with van der Waals surface area (Å²) in [5.41, 5.74) is 5.66. The summed E-state index contributed by atoms with van der Waals surface area (Å²) in [6, 6.07) is 14.9. The van der Waals surface area contributed by atoms with Crippen molar-refractivity contribution in [2.45, 2.75) is 12.8 Å². The van der Waals surface area contributed by atoms with Gasteiger partial charge in [0.05, 0.1) is 11.4 Å². The highest BCUT2D eigenvalue weighted by Gasteiger charge is 2.26. The molecule has 3 N–H and O–H groups in total. The van der Waals surface area contributed by atoms with E-state index in [1.807, 2.05) is 6.07 Å². The van der Waals surface area contributed by atoms with Gasteiger partial charge in [0.25, 0.3) is 0 Å². The van der Waals surface area contributed by atoms with E-state index in [2.05, 4.69) is 5.32 Å². The van der Waals surface area contributed by atoms with Crippen LogP contribution >= 0.6 is 11.6 Å². The Hall–Kier alpha value is -3.52. The van der Waals surface area contributed by atoms with E-state index < -0.39 is 23.5 Å². The van der Waals surface area contributed by atoms with Gasteiger partial charge in [0.15, 0.2) is 11.6 Å². The number of halogens is 4. The molecule has 9 heteroatoms. The Morgan fingerprint density at radius 2 is 1.72 bits per heavy atom. The number of primary amides is 1. The van der Waals surface area contributed by atoms with Crippen LogP contribution in [-0.2, 0) is 4.79 Å². The summed E-state index contributed by atoms with van der Waals surface area (Å²) in [6.07, 6.45) is 1.07. The lowest BCUT2D eigenvalue weighted by Crippen LogP contribution is -2.25. The summed E-state index contributed by atoms with van der Waals surface area (Å²) in [4.78, 5) is 23.3.